The Bertz CT molecular complexity index is 262. The minimum Gasteiger partial charge on any atom is -0.314 e. The molecule has 0 aliphatic rings. The lowest BCUT2D eigenvalue weighted by Crippen LogP contribution is -2.35. The minimum atomic E-state index is -2.80. The van der Waals surface area contributed by atoms with Crippen LogP contribution in [-0.4, -0.2) is 33.0 Å². The van der Waals surface area contributed by atoms with E-state index in [-0.39, 0.29) is 0 Å². The van der Waals surface area contributed by atoms with Gasteiger partial charge in [-0.25, -0.2) is 8.42 Å². The van der Waals surface area contributed by atoms with E-state index in [9.17, 15) is 8.42 Å². The Morgan fingerprint density at radius 1 is 1.19 bits per heavy atom. The van der Waals surface area contributed by atoms with Crippen molar-refractivity contribution in [3.63, 3.8) is 0 Å². The molecule has 0 radical (unpaired) electrons. The largest absolute Gasteiger partial charge is 0.314 e. The fourth-order valence-corrected chi connectivity index (χ4v) is 2.76. The molecule has 0 amide bonds. The first-order chi connectivity index (χ1) is 7.40. The topological polar surface area (TPSA) is 46.2 Å². The Balaban J connectivity index is 4.02. The summed E-state index contributed by atoms with van der Waals surface area (Å²) in [4.78, 5) is 0. The molecule has 0 aliphatic heterocycles. The number of rotatable bonds is 9. The second-order valence-electron chi connectivity index (χ2n) is 4.70. The molecule has 3 nitrogen and oxygen atoms in total. The normalized spacial score (nSPS) is 16.0. The van der Waals surface area contributed by atoms with Gasteiger partial charge in [0.1, 0.15) is 9.84 Å². The van der Waals surface area contributed by atoms with Crippen molar-refractivity contribution >= 4 is 9.84 Å². The van der Waals surface area contributed by atoms with Crippen molar-refractivity contribution in [2.75, 3.05) is 18.6 Å². The predicted octanol–water partition coefficient (Wildman–Crippen LogP) is 2.23. The van der Waals surface area contributed by atoms with Crippen LogP contribution in [0.1, 0.15) is 46.5 Å². The fraction of sp³-hybridized carbons (Fsp3) is 1.00. The molecule has 98 valence electrons. The van der Waals surface area contributed by atoms with E-state index in [0.717, 1.165) is 19.4 Å². The van der Waals surface area contributed by atoms with Gasteiger partial charge in [0.25, 0.3) is 0 Å². The van der Waals surface area contributed by atoms with Crippen molar-refractivity contribution in [3.8, 4) is 0 Å². The molecule has 4 heteroatoms. The lowest BCUT2D eigenvalue weighted by atomic mass is 9.93. The molecule has 0 fully saturated rings. The summed E-state index contributed by atoms with van der Waals surface area (Å²) in [5.74, 6) is 0.942. The van der Waals surface area contributed by atoms with Gasteiger partial charge in [-0.2, -0.15) is 0 Å². The number of sulfone groups is 1. The lowest BCUT2D eigenvalue weighted by Gasteiger charge is -2.24. The monoisotopic (exact) mass is 249 g/mol. The first-order valence-electron chi connectivity index (χ1n) is 6.31. The molecule has 0 bridgehead atoms. The molecule has 0 saturated carbocycles. The summed E-state index contributed by atoms with van der Waals surface area (Å²) in [5, 5.41) is 3.46. The van der Waals surface area contributed by atoms with Gasteiger partial charge in [0.15, 0.2) is 0 Å². The summed E-state index contributed by atoms with van der Waals surface area (Å²) in [6, 6.07) is 0.465. The van der Waals surface area contributed by atoms with Crippen molar-refractivity contribution in [1.29, 1.82) is 0 Å². The molecule has 0 aromatic carbocycles. The van der Waals surface area contributed by atoms with Gasteiger partial charge in [0.05, 0.1) is 0 Å². The summed E-state index contributed by atoms with van der Waals surface area (Å²) < 4.78 is 22.1. The summed E-state index contributed by atoms with van der Waals surface area (Å²) >= 11 is 0. The Labute approximate surface area is 101 Å². The molecular formula is C12H27NO2S. The van der Waals surface area contributed by atoms with Crippen LogP contribution in [0.2, 0.25) is 0 Å². The number of nitrogens with one attached hydrogen (secondary N) is 1. The quantitative estimate of drug-likeness (QED) is 0.681. The van der Waals surface area contributed by atoms with Crippen molar-refractivity contribution in [2.45, 2.75) is 52.5 Å². The smallest absolute Gasteiger partial charge is 0.147 e. The molecule has 0 spiro atoms. The maximum Gasteiger partial charge on any atom is 0.147 e. The Morgan fingerprint density at radius 2 is 1.81 bits per heavy atom. The second kappa shape index (κ2) is 8.07. The highest BCUT2D eigenvalue weighted by molar-refractivity contribution is 7.90. The summed E-state index contributed by atoms with van der Waals surface area (Å²) in [5.41, 5.74) is 0. The highest BCUT2D eigenvalue weighted by Crippen LogP contribution is 2.15. The average molecular weight is 249 g/mol. The van der Waals surface area contributed by atoms with Crippen LogP contribution in [0.3, 0.4) is 0 Å². The molecule has 2 atom stereocenters. The molecule has 1 N–H and O–H groups in total. The first-order valence-corrected chi connectivity index (χ1v) is 8.37. The van der Waals surface area contributed by atoms with Crippen LogP contribution in [-0.2, 0) is 9.84 Å². The van der Waals surface area contributed by atoms with Crippen molar-refractivity contribution < 1.29 is 8.42 Å². The molecule has 2 unspecified atom stereocenters. The second-order valence-corrected chi connectivity index (χ2v) is 6.96. The van der Waals surface area contributed by atoms with Gasteiger partial charge in [-0.1, -0.05) is 27.2 Å². The zero-order valence-electron chi connectivity index (χ0n) is 11.1. The highest BCUT2D eigenvalue weighted by Gasteiger charge is 2.15. The van der Waals surface area contributed by atoms with Crippen LogP contribution in [0.4, 0.5) is 0 Å². The lowest BCUT2D eigenvalue weighted by molar-refractivity contribution is 0.340. The van der Waals surface area contributed by atoms with Gasteiger partial charge < -0.3 is 5.32 Å². The van der Waals surface area contributed by atoms with Gasteiger partial charge in [-0.05, 0) is 31.7 Å². The van der Waals surface area contributed by atoms with E-state index in [1.165, 1.54) is 19.1 Å². The van der Waals surface area contributed by atoms with Gasteiger partial charge in [0.2, 0.25) is 0 Å². The standard InChI is InChI=1S/C12H27NO2S/c1-5-8-11(3)12(13-6-2)9-7-10-16(4,14)15/h11-13H,5-10H2,1-4H3. The summed E-state index contributed by atoms with van der Waals surface area (Å²) in [7, 11) is -2.80. The predicted molar refractivity (Wildman–Crippen MR) is 70.5 cm³/mol. The third-order valence-electron chi connectivity index (χ3n) is 2.93. The number of hydrogen-bond acceptors (Lipinski definition) is 3. The molecule has 0 aromatic rings. The molecule has 0 heterocycles. The summed E-state index contributed by atoms with van der Waals surface area (Å²) in [6.07, 6.45) is 5.43. The van der Waals surface area contributed by atoms with E-state index in [0.29, 0.717) is 17.7 Å². The molecule has 0 rings (SSSR count). The van der Waals surface area contributed by atoms with E-state index >= 15 is 0 Å². The SMILES string of the molecule is CCCC(C)C(CCCS(C)(=O)=O)NCC. The van der Waals surface area contributed by atoms with Gasteiger partial charge in [-0.15, -0.1) is 0 Å². The Morgan fingerprint density at radius 3 is 2.25 bits per heavy atom. The maximum absolute atomic E-state index is 11.0. The minimum absolute atomic E-state index is 0.313. The Kier molecular flexibility index (Phi) is 8.02. The highest BCUT2D eigenvalue weighted by atomic mass is 32.2. The van der Waals surface area contributed by atoms with Crippen molar-refractivity contribution in [1.82, 2.24) is 5.32 Å². The Hall–Kier alpha value is -0.0900. The number of hydrogen-bond donors (Lipinski definition) is 1. The summed E-state index contributed by atoms with van der Waals surface area (Å²) in [6.45, 7) is 7.49. The van der Waals surface area contributed by atoms with Crippen LogP contribution < -0.4 is 5.32 Å². The third-order valence-corrected chi connectivity index (χ3v) is 3.96. The zero-order chi connectivity index (χ0) is 12.6. The van der Waals surface area contributed by atoms with E-state index in [2.05, 4.69) is 26.1 Å². The fourth-order valence-electron chi connectivity index (χ4n) is 2.07. The van der Waals surface area contributed by atoms with Gasteiger partial charge >= 0.3 is 0 Å². The van der Waals surface area contributed by atoms with Crippen LogP contribution in [0.25, 0.3) is 0 Å². The first kappa shape index (κ1) is 15.9. The molecule has 0 aliphatic carbocycles. The van der Waals surface area contributed by atoms with E-state index in [1.807, 2.05) is 0 Å². The van der Waals surface area contributed by atoms with Crippen LogP contribution >= 0.6 is 0 Å². The van der Waals surface area contributed by atoms with Crippen molar-refractivity contribution in [3.05, 3.63) is 0 Å². The molecular weight excluding hydrogens is 222 g/mol. The van der Waals surface area contributed by atoms with E-state index in [1.54, 1.807) is 0 Å². The van der Waals surface area contributed by atoms with Gasteiger partial charge in [0, 0.05) is 18.1 Å². The molecule has 16 heavy (non-hydrogen) atoms. The van der Waals surface area contributed by atoms with Crippen LogP contribution in [0.5, 0.6) is 0 Å². The van der Waals surface area contributed by atoms with Crippen LogP contribution in [0, 0.1) is 5.92 Å². The third kappa shape index (κ3) is 8.11. The van der Waals surface area contributed by atoms with E-state index in [4.69, 9.17) is 0 Å². The molecule has 0 saturated heterocycles. The van der Waals surface area contributed by atoms with Gasteiger partial charge in [-0.3, -0.25) is 0 Å². The molecule has 0 aromatic heterocycles. The van der Waals surface area contributed by atoms with Crippen LogP contribution in [0.15, 0.2) is 0 Å². The van der Waals surface area contributed by atoms with Crippen molar-refractivity contribution in [2.24, 2.45) is 5.92 Å². The average Bonchev–Trinajstić information content (AvgIpc) is 2.15. The zero-order valence-corrected chi connectivity index (χ0v) is 11.9. The van der Waals surface area contributed by atoms with E-state index < -0.39 is 9.84 Å². The maximum atomic E-state index is 11.0.